The number of hydrogen-bond donors (Lipinski definition) is 2. The van der Waals surface area contributed by atoms with Crippen LogP contribution in [0.2, 0.25) is 0 Å². The van der Waals surface area contributed by atoms with E-state index in [9.17, 15) is 31.5 Å². The summed E-state index contributed by atoms with van der Waals surface area (Å²) in [5.74, 6) is -13.6. The highest BCUT2D eigenvalue weighted by Gasteiger charge is 2.41. The predicted octanol–water partition coefficient (Wildman–Crippen LogP) is 7.37. The number of rotatable bonds is 8. The second-order valence-corrected chi connectivity index (χ2v) is 11.4. The number of aromatic nitrogens is 1. The zero-order valence-electron chi connectivity index (χ0n) is 25.7. The molecule has 2 unspecified atom stereocenters. The van der Waals surface area contributed by atoms with Crippen LogP contribution in [0.15, 0.2) is 95.5 Å². The third-order valence-corrected chi connectivity index (χ3v) is 8.43. The number of ether oxygens (including phenoxy) is 2. The van der Waals surface area contributed by atoms with Crippen LogP contribution in [0, 0.1) is 29.1 Å². The number of methoxy groups -OCH3 is 1. The maximum absolute atomic E-state index is 14.4. The number of halogens is 5. The average Bonchev–Trinajstić information content (AvgIpc) is 3.09. The van der Waals surface area contributed by atoms with E-state index in [-0.39, 0.29) is 40.8 Å². The Bertz CT molecular complexity index is 1950. The molecule has 0 spiro atoms. The van der Waals surface area contributed by atoms with Crippen molar-refractivity contribution in [3.63, 3.8) is 0 Å². The van der Waals surface area contributed by atoms with Crippen molar-refractivity contribution in [2.45, 2.75) is 38.2 Å². The van der Waals surface area contributed by atoms with Gasteiger partial charge in [-0.2, -0.15) is 8.78 Å². The Balaban J connectivity index is 1.42. The Kier molecular flexibility index (Phi) is 8.99. The number of ketones is 1. The van der Waals surface area contributed by atoms with Crippen LogP contribution in [0.1, 0.15) is 48.3 Å². The third kappa shape index (κ3) is 6.01. The molecule has 48 heavy (non-hydrogen) atoms. The highest BCUT2D eigenvalue weighted by molar-refractivity contribution is 6.09. The van der Waals surface area contributed by atoms with E-state index in [4.69, 9.17) is 9.47 Å². The molecule has 7 nitrogen and oxygen atoms in total. The van der Waals surface area contributed by atoms with Crippen molar-refractivity contribution < 1.29 is 41.0 Å². The van der Waals surface area contributed by atoms with Crippen molar-refractivity contribution in [1.82, 2.24) is 10.3 Å². The first-order chi connectivity index (χ1) is 23.1. The van der Waals surface area contributed by atoms with E-state index >= 15 is 0 Å². The Morgan fingerprint density at radius 3 is 2.25 bits per heavy atom. The lowest BCUT2D eigenvalue weighted by molar-refractivity contribution is -0.116. The molecule has 0 radical (unpaired) electrons. The minimum absolute atomic E-state index is 0.108. The fourth-order valence-corrected chi connectivity index (χ4v) is 6.21. The number of nitrogens with one attached hydrogen (secondary N) is 2. The number of carbonyl (C=O) groups excluding carboxylic acids is 2. The van der Waals surface area contributed by atoms with E-state index < -0.39 is 53.3 Å². The number of anilines is 1. The number of dihydropyridines is 1. The van der Waals surface area contributed by atoms with Crippen molar-refractivity contribution in [1.29, 1.82) is 0 Å². The van der Waals surface area contributed by atoms with E-state index in [0.717, 1.165) is 5.56 Å². The number of Topliss-reactive ketones (excluding diaryl/α,β-unsaturated/α-hetero) is 1. The van der Waals surface area contributed by atoms with Gasteiger partial charge in [0.25, 0.3) is 5.91 Å². The van der Waals surface area contributed by atoms with Crippen LogP contribution in [0.25, 0.3) is 0 Å². The molecule has 2 atom stereocenters. The topological polar surface area (TPSA) is 89.5 Å². The molecule has 0 saturated heterocycles. The Labute approximate surface area is 272 Å². The second kappa shape index (κ2) is 13.3. The molecular formula is C36H28F5N3O4. The Morgan fingerprint density at radius 2 is 1.58 bits per heavy atom. The first kappa shape index (κ1) is 32.4. The molecule has 2 aliphatic rings. The second-order valence-electron chi connectivity index (χ2n) is 11.4. The molecule has 0 fully saturated rings. The summed E-state index contributed by atoms with van der Waals surface area (Å²) in [5, 5.41) is 6.08. The minimum Gasteiger partial charge on any atom is -0.496 e. The molecule has 1 amide bonds. The number of allylic oxidation sites excluding steroid dienone is 3. The lowest BCUT2D eigenvalue weighted by Crippen LogP contribution is -2.37. The van der Waals surface area contributed by atoms with Gasteiger partial charge in [-0.05, 0) is 54.7 Å². The van der Waals surface area contributed by atoms with Gasteiger partial charge in [-0.15, -0.1) is 0 Å². The van der Waals surface area contributed by atoms with Crippen LogP contribution in [0.5, 0.6) is 11.5 Å². The monoisotopic (exact) mass is 661 g/mol. The number of nitrogens with zero attached hydrogens (tertiary/aromatic N) is 1. The normalized spacial score (nSPS) is 17.5. The SMILES string of the molecule is COc1ccc(C2C(C(=O)Nc3ccccn3)=C(C)NC3=C2C(=O)CC(c2ccccc2)C3)cc1COc1c(F)c(F)c(F)c(F)c1F. The standard InChI is InChI=1S/C36H28F5N3O4/c1-18-27(36(46)44-26-10-6-7-13-42-26)28(29-23(43-18)15-21(16-24(29)45)19-8-4-3-5-9-19)20-11-12-25(47-2)22(14-20)17-48-35-33(40)31(38)30(37)32(39)34(35)41/h3-14,21,28,43H,15-17H2,1-2H3,(H,42,44,46). The van der Waals surface area contributed by atoms with Crippen LogP contribution >= 0.6 is 0 Å². The highest BCUT2D eigenvalue weighted by atomic mass is 19.2. The summed E-state index contributed by atoms with van der Waals surface area (Å²) in [7, 11) is 1.33. The lowest BCUT2D eigenvalue weighted by Gasteiger charge is -2.37. The number of hydrogen-bond acceptors (Lipinski definition) is 6. The van der Waals surface area contributed by atoms with Gasteiger partial charge in [-0.1, -0.05) is 42.5 Å². The van der Waals surface area contributed by atoms with Crippen LogP contribution in [0.3, 0.4) is 0 Å². The molecule has 0 saturated carbocycles. The highest BCUT2D eigenvalue weighted by Crippen LogP contribution is 2.46. The van der Waals surface area contributed by atoms with Crippen molar-refractivity contribution in [3.8, 4) is 11.5 Å². The first-order valence-corrected chi connectivity index (χ1v) is 14.9. The number of pyridine rings is 1. The summed E-state index contributed by atoms with van der Waals surface area (Å²) in [6.45, 7) is 1.05. The summed E-state index contributed by atoms with van der Waals surface area (Å²) in [6, 6.07) is 19.3. The molecule has 6 rings (SSSR count). The van der Waals surface area contributed by atoms with Gasteiger partial charge in [0.15, 0.2) is 11.5 Å². The summed E-state index contributed by atoms with van der Waals surface area (Å²) in [5.41, 5.74) is 3.31. The predicted molar refractivity (Wildman–Crippen MR) is 165 cm³/mol. The number of benzene rings is 3. The van der Waals surface area contributed by atoms with Crippen molar-refractivity contribution in [2.24, 2.45) is 0 Å². The lowest BCUT2D eigenvalue weighted by atomic mass is 9.71. The van der Waals surface area contributed by atoms with Crippen LogP contribution in [0.4, 0.5) is 27.8 Å². The van der Waals surface area contributed by atoms with E-state index in [2.05, 4.69) is 15.6 Å². The molecule has 2 heterocycles. The zero-order chi connectivity index (χ0) is 34.1. The van der Waals surface area contributed by atoms with Gasteiger partial charge in [0, 0.05) is 46.6 Å². The molecule has 246 valence electrons. The van der Waals surface area contributed by atoms with Crippen LogP contribution < -0.4 is 20.1 Å². The van der Waals surface area contributed by atoms with Crippen molar-refractivity contribution in [3.05, 3.63) is 141 Å². The van der Waals surface area contributed by atoms with Gasteiger partial charge in [-0.25, -0.2) is 18.2 Å². The van der Waals surface area contributed by atoms with Crippen molar-refractivity contribution in [2.75, 3.05) is 12.4 Å². The third-order valence-electron chi connectivity index (χ3n) is 8.43. The van der Waals surface area contributed by atoms with Gasteiger partial charge in [0.05, 0.1) is 7.11 Å². The van der Waals surface area contributed by atoms with Gasteiger partial charge in [-0.3, -0.25) is 9.59 Å². The van der Waals surface area contributed by atoms with E-state index in [1.807, 2.05) is 30.3 Å². The fourth-order valence-electron chi connectivity index (χ4n) is 6.21. The van der Waals surface area contributed by atoms with E-state index in [1.165, 1.54) is 25.4 Å². The summed E-state index contributed by atoms with van der Waals surface area (Å²) in [6.07, 6.45) is 2.19. The molecule has 12 heteroatoms. The maximum Gasteiger partial charge on any atom is 0.255 e. The Morgan fingerprint density at radius 1 is 0.896 bits per heavy atom. The first-order valence-electron chi connectivity index (χ1n) is 14.9. The molecule has 1 aromatic heterocycles. The largest absolute Gasteiger partial charge is 0.496 e. The van der Waals surface area contributed by atoms with Gasteiger partial charge < -0.3 is 20.1 Å². The molecule has 0 bridgehead atoms. The smallest absolute Gasteiger partial charge is 0.255 e. The van der Waals surface area contributed by atoms with Gasteiger partial charge in [0.2, 0.25) is 29.1 Å². The fraction of sp³-hybridized carbons (Fsp3) is 0.194. The van der Waals surface area contributed by atoms with Crippen LogP contribution in [-0.2, 0) is 16.2 Å². The molecule has 1 aliphatic heterocycles. The number of amides is 1. The summed E-state index contributed by atoms with van der Waals surface area (Å²) in [4.78, 5) is 32.1. The van der Waals surface area contributed by atoms with E-state index in [1.54, 1.807) is 31.2 Å². The maximum atomic E-state index is 14.4. The molecule has 4 aromatic rings. The van der Waals surface area contributed by atoms with Gasteiger partial charge >= 0.3 is 0 Å². The molecule has 1 aliphatic carbocycles. The summed E-state index contributed by atoms with van der Waals surface area (Å²) < 4.78 is 80.7. The molecule has 2 N–H and O–H groups in total. The summed E-state index contributed by atoms with van der Waals surface area (Å²) >= 11 is 0. The molecule has 3 aromatic carbocycles. The Hall–Kier alpha value is -5.52. The van der Waals surface area contributed by atoms with Crippen LogP contribution in [-0.4, -0.2) is 23.8 Å². The average molecular weight is 662 g/mol. The quantitative estimate of drug-likeness (QED) is 0.117. The minimum atomic E-state index is -2.31. The zero-order valence-corrected chi connectivity index (χ0v) is 25.7. The van der Waals surface area contributed by atoms with E-state index in [0.29, 0.717) is 29.0 Å². The number of carbonyl (C=O) groups is 2. The van der Waals surface area contributed by atoms with Crippen molar-refractivity contribution >= 4 is 17.5 Å². The molecular weight excluding hydrogens is 633 g/mol. The van der Waals surface area contributed by atoms with Gasteiger partial charge in [0.1, 0.15) is 18.2 Å².